The minimum Gasteiger partial charge on any atom is -0.354 e. The average Bonchev–Trinajstić information content (AvgIpc) is 3.52. The summed E-state index contributed by atoms with van der Waals surface area (Å²) in [5.41, 5.74) is 1.29. The number of benzene rings is 1. The van der Waals surface area contributed by atoms with Gasteiger partial charge in [-0.05, 0) is 37.8 Å². The minimum absolute atomic E-state index is 0.0730. The Morgan fingerprint density at radius 3 is 2.68 bits per heavy atom. The lowest BCUT2D eigenvalue weighted by Gasteiger charge is -2.31. The van der Waals surface area contributed by atoms with E-state index in [0.717, 1.165) is 44.0 Å². The number of amides is 2. The molecule has 2 aliphatic rings. The monoisotopic (exact) mass is 377 g/mol. The zero-order valence-corrected chi connectivity index (χ0v) is 15.6. The zero-order valence-electron chi connectivity index (χ0n) is 15.6. The van der Waals surface area contributed by atoms with Crippen LogP contribution < -0.4 is 10.6 Å². The largest absolute Gasteiger partial charge is 0.354 e. The molecule has 2 aromatic rings. The van der Waals surface area contributed by atoms with Crippen molar-refractivity contribution in [3.05, 3.63) is 36.2 Å². The van der Waals surface area contributed by atoms with Gasteiger partial charge in [0.1, 0.15) is 5.69 Å². The first-order valence-corrected chi connectivity index (χ1v) is 9.82. The van der Waals surface area contributed by atoms with Crippen LogP contribution in [0.3, 0.4) is 0 Å². The number of para-hydroxylation sites is 2. The van der Waals surface area contributed by atoms with Gasteiger partial charge in [0.25, 0.3) is 5.91 Å². The molecule has 0 saturated heterocycles. The lowest BCUT2D eigenvalue weighted by Crippen LogP contribution is -2.49. The standard InChI is InChI=1S/C21H23N5O2/c22-12-21(9-10-21)13-24-19(27)14-5-1-2-6-15(14)26-20(28)18-11-23-16-7-3-4-8-17(16)25-18/h3-4,7-8,11,14-15H,1-2,5-6,9-10,13H2,(H,24,27)(H,26,28)/t14-,15+/m1/s1. The maximum absolute atomic E-state index is 12.7. The van der Waals surface area contributed by atoms with Crippen molar-refractivity contribution >= 4 is 22.8 Å². The maximum atomic E-state index is 12.7. The molecule has 2 fully saturated rings. The van der Waals surface area contributed by atoms with E-state index in [9.17, 15) is 14.9 Å². The van der Waals surface area contributed by atoms with Gasteiger partial charge in [-0.2, -0.15) is 5.26 Å². The van der Waals surface area contributed by atoms with Crippen molar-refractivity contribution in [1.82, 2.24) is 20.6 Å². The molecule has 2 N–H and O–H groups in total. The Kier molecular flexibility index (Phi) is 4.95. The molecule has 4 rings (SSSR count). The number of nitrogens with zero attached hydrogens (tertiary/aromatic N) is 3. The average molecular weight is 377 g/mol. The SMILES string of the molecule is N#CC1(CNC(=O)[C@@H]2CCCC[C@@H]2NC(=O)c2cnc3ccccc3n2)CC1. The van der Waals surface area contributed by atoms with Crippen LogP contribution in [0.5, 0.6) is 0 Å². The topological polar surface area (TPSA) is 108 Å². The van der Waals surface area contributed by atoms with Gasteiger partial charge in [-0.25, -0.2) is 4.98 Å². The second kappa shape index (κ2) is 7.55. The summed E-state index contributed by atoms with van der Waals surface area (Å²) >= 11 is 0. The molecule has 2 saturated carbocycles. The van der Waals surface area contributed by atoms with E-state index < -0.39 is 0 Å². The highest BCUT2D eigenvalue weighted by Gasteiger charge is 2.44. The van der Waals surface area contributed by atoms with Crippen LogP contribution in [0.2, 0.25) is 0 Å². The van der Waals surface area contributed by atoms with Crippen molar-refractivity contribution in [2.75, 3.05) is 6.54 Å². The second-order valence-electron chi connectivity index (χ2n) is 7.82. The quantitative estimate of drug-likeness (QED) is 0.831. The molecule has 1 heterocycles. The number of nitrogens with one attached hydrogen (secondary N) is 2. The summed E-state index contributed by atoms with van der Waals surface area (Å²) in [6, 6.07) is 9.46. The van der Waals surface area contributed by atoms with Gasteiger partial charge in [0.05, 0.1) is 34.6 Å². The van der Waals surface area contributed by atoms with Crippen molar-refractivity contribution < 1.29 is 9.59 Å². The molecule has 0 bridgehead atoms. The zero-order chi connectivity index (χ0) is 19.6. The molecular formula is C21H23N5O2. The van der Waals surface area contributed by atoms with E-state index in [2.05, 4.69) is 26.7 Å². The number of fused-ring (bicyclic) bond motifs is 1. The number of hydrogen-bond acceptors (Lipinski definition) is 5. The van der Waals surface area contributed by atoms with E-state index in [1.807, 2.05) is 24.3 Å². The first kappa shape index (κ1) is 18.4. The third-order valence-corrected chi connectivity index (χ3v) is 5.79. The van der Waals surface area contributed by atoms with E-state index in [1.54, 1.807) is 0 Å². The lowest BCUT2D eigenvalue weighted by molar-refractivity contribution is -0.126. The Bertz CT molecular complexity index is 947. The van der Waals surface area contributed by atoms with E-state index in [-0.39, 0.29) is 34.9 Å². The number of nitriles is 1. The molecular weight excluding hydrogens is 354 g/mol. The van der Waals surface area contributed by atoms with Crippen LogP contribution >= 0.6 is 0 Å². The first-order valence-electron chi connectivity index (χ1n) is 9.82. The Balaban J connectivity index is 1.42. The van der Waals surface area contributed by atoms with Crippen LogP contribution in [0.4, 0.5) is 0 Å². The Hall–Kier alpha value is -3.01. The fourth-order valence-electron chi connectivity index (χ4n) is 3.79. The molecule has 2 amide bonds. The highest BCUT2D eigenvalue weighted by Crippen LogP contribution is 2.44. The van der Waals surface area contributed by atoms with Crippen LogP contribution in [0, 0.1) is 22.7 Å². The van der Waals surface area contributed by atoms with E-state index in [1.165, 1.54) is 6.20 Å². The molecule has 7 heteroatoms. The summed E-state index contributed by atoms with van der Waals surface area (Å²) in [7, 11) is 0. The van der Waals surface area contributed by atoms with Crippen molar-refractivity contribution in [1.29, 1.82) is 5.26 Å². The van der Waals surface area contributed by atoms with Crippen molar-refractivity contribution in [2.45, 2.75) is 44.6 Å². The fraction of sp³-hybridized carbons (Fsp3) is 0.476. The molecule has 7 nitrogen and oxygen atoms in total. The molecule has 1 aromatic heterocycles. The normalized spacial score (nSPS) is 22.8. The Labute approximate surface area is 163 Å². The molecule has 28 heavy (non-hydrogen) atoms. The molecule has 2 aliphatic carbocycles. The van der Waals surface area contributed by atoms with Crippen molar-refractivity contribution in [2.24, 2.45) is 11.3 Å². The maximum Gasteiger partial charge on any atom is 0.271 e. The summed E-state index contributed by atoms with van der Waals surface area (Å²) < 4.78 is 0. The smallest absolute Gasteiger partial charge is 0.271 e. The molecule has 0 radical (unpaired) electrons. The summed E-state index contributed by atoms with van der Waals surface area (Å²) in [4.78, 5) is 34.1. The lowest BCUT2D eigenvalue weighted by atomic mass is 9.83. The van der Waals surface area contributed by atoms with Crippen LogP contribution in [-0.4, -0.2) is 34.4 Å². The summed E-state index contributed by atoms with van der Waals surface area (Å²) in [6.45, 7) is 0.398. The predicted molar refractivity (Wildman–Crippen MR) is 103 cm³/mol. The van der Waals surface area contributed by atoms with E-state index in [4.69, 9.17) is 0 Å². The van der Waals surface area contributed by atoms with Crippen LogP contribution in [0.25, 0.3) is 11.0 Å². The van der Waals surface area contributed by atoms with Crippen molar-refractivity contribution in [3.63, 3.8) is 0 Å². The van der Waals surface area contributed by atoms with Gasteiger partial charge >= 0.3 is 0 Å². The van der Waals surface area contributed by atoms with Gasteiger partial charge in [-0.15, -0.1) is 0 Å². The minimum atomic E-state index is -0.371. The van der Waals surface area contributed by atoms with Crippen LogP contribution in [-0.2, 0) is 4.79 Å². The second-order valence-corrected chi connectivity index (χ2v) is 7.82. The van der Waals surface area contributed by atoms with Gasteiger partial charge in [-0.1, -0.05) is 25.0 Å². The number of carbonyl (C=O) groups is 2. The van der Waals surface area contributed by atoms with Gasteiger partial charge in [-0.3, -0.25) is 14.6 Å². The Morgan fingerprint density at radius 2 is 1.93 bits per heavy atom. The predicted octanol–water partition coefficient (Wildman–Crippen LogP) is 2.34. The third kappa shape index (κ3) is 3.81. The Morgan fingerprint density at radius 1 is 1.18 bits per heavy atom. The first-order chi connectivity index (χ1) is 13.6. The van der Waals surface area contributed by atoms with Gasteiger partial charge in [0, 0.05) is 12.6 Å². The fourth-order valence-corrected chi connectivity index (χ4v) is 3.79. The molecule has 1 aromatic carbocycles. The van der Waals surface area contributed by atoms with E-state index in [0.29, 0.717) is 12.1 Å². The van der Waals surface area contributed by atoms with Crippen molar-refractivity contribution in [3.8, 4) is 6.07 Å². The van der Waals surface area contributed by atoms with Gasteiger partial charge < -0.3 is 10.6 Å². The van der Waals surface area contributed by atoms with Crippen LogP contribution in [0.1, 0.15) is 49.0 Å². The number of carbonyl (C=O) groups excluding carboxylic acids is 2. The van der Waals surface area contributed by atoms with Gasteiger partial charge in [0.15, 0.2) is 0 Å². The highest BCUT2D eigenvalue weighted by atomic mass is 16.2. The molecule has 144 valence electrons. The number of hydrogen-bond donors (Lipinski definition) is 2. The third-order valence-electron chi connectivity index (χ3n) is 5.79. The molecule has 0 unspecified atom stereocenters. The number of rotatable bonds is 5. The van der Waals surface area contributed by atoms with E-state index >= 15 is 0 Å². The van der Waals surface area contributed by atoms with Crippen LogP contribution in [0.15, 0.2) is 30.5 Å². The number of aromatic nitrogens is 2. The summed E-state index contributed by atoms with van der Waals surface area (Å²) in [5, 5.41) is 15.1. The summed E-state index contributed by atoms with van der Waals surface area (Å²) in [6.07, 6.45) is 6.58. The summed E-state index contributed by atoms with van der Waals surface area (Å²) in [5.74, 6) is -0.657. The molecule has 2 atom stereocenters. The highest BCUT2D eigenvalue weighted by molar-refractivity contribution is 5.94. The molecule has 0 spiro atoms. The van der Waals surface area contributed by atoms with Gasteiger partial charge in [0.2, 0.25) is 5.91 Å². The molecule has 0 aliphatic heterocycles.